The first kappa shape index (κ1) is 17.4. The number of hydrogen-bond acceptors (Lipinski definition) is 3. The Morgan fingerprint density at radius 2 is 1.92 bits per heavy atom. The molecular weight excluding hydrogens is 356 g/mol. The second-order valence-corrected chi connectivity index (χ2v) is 6.65. The smallest absolute Gasteiger partial charge is 0.176 e. The summed E-state index contributed by atoms with van der Waals surface area (Å²) in [7, 11) is 1.89. The third-order valence-electron chi connectivity index (χ3n) is 3.95. The van der Waals surface area contributed by atoms with E-state index in [0.29, 0.717) is 17.5 Å². The van der Waals surface area contributed by atoms with Crippen LogP contribution in [0, 0.1) is 13.8 Å². The Bertz CT molecular complexity index is 897. The first-order valence-corrected chi connectivity index (χ1v) is 8.56. The Kier molecular flexibility index (Phi) is 5.06. The van der Waals surface area contributed by atoms with Gasteiger partial charge < -0.3 is 10.6 Å². The lowest BCUT2D eigenvalue weighted by Gasteiger charge is -2.08. The lowest BCUT2D eigenvalue weighted by molar-refractivity contribution is 0.668. The molecule has 0 aliphatic heterocycles. The Morgan fingerprint density at radius 3 is 2.56 bits per heavy atom. The van der Waals surface area contributed by atoms with Crippen molar-refractivity contribution in [1.29, 1.82) is 0 Å². The van der Waals surface area contributed by atoms with Gasteiger partial charge >= 0.3 is 0 Å². The maximum absolute atomic E-state index is 5.93. The van der Waals surface area contributed by atoms with Gasteiger partial charge in [-0.3, -0.25) is 9.36 Å². The van der Waals surface area contributed by atoms with E-state index in [1.165, 1.54) is 0 Å². The Hall–Kier alpha value is -2.38. The molecule has 130 valence electrons. The summed E-state index contributed by atoms with van der Waals surface area (Å²) in [5, 5.41) is 16.2. The number of nitrogens with one attached hydrogen (secondary N) is 2. The number of halogens is 1. The van der Waals surface area contributed by atoms with Crippen molar-refractivity contribution in [1.82, 2.24) is 19.6 Å². The van der Waals surface area contributed by atoms with Crippen LogP contribution >= 0.6 is 23.8 Å². The van der Waals surface area contributed by atoms with Crippen molar-refractivity contribution in [2.45, 2.75) is 20.4 Å². The second-order valence-electron chi connectivity index (χ2n) is 5.80. The van der Waals surface area contributed by atoms with Crippen LogP contribution in [0.4, 0.5) is 11.5 Å². The van der Waals surface area contributed by atoms with Crippen LogP contribution in [0.5, 0.6) is 0 Å². The monoisotopic (exact) mass is 374 g/mol. The molecule has 2 heterocycles. The van der Waals surface area contributed by atoms with E-state index in [1.807, 2.05) is 55.9 Å². The third kappa shape index (κ3) is 4.18. The van der Waals surface area contributed by atoms with E-state index < -0.39 is 0 Å². The highest BCUT2D eigenvalue weighted by Crippen LogP contribution is 2.15. The lowest BCUT2D eigenvalue weighted by Crippen LogP contribution is -2.20. The van der Waals surface area contributed by atoms with Crippen molar-refractivity contribution in [2.24, 2.45) is 7.05 Å². The summed E-state index contributed by atoms with van der Waals surface area (Å²) in [5.74, 6) is 0.700. The van der Waals surface area contributed by atoms with E-state index in [0.717, 1.165) is 27.7 Å². The molecule has 0 spiro atoms. The second kappa shape index (κ2) is 7.25. The molecule has 0 amide bonds. The number of anilines is 2. The number of thiocarbonyl (C=S) groups is 1. The number of rotatable bonds is 4. The van der Waals surface area contributed by atoms with Crippen molar-refractivity contribution in [3.63, 3.8) is 0 Å². The van der Waals surface area contributed by atoms with Crippen LogP contribution in [0.15, 0.2) is 36.5 Å². The fourth-order valence-corrected chi connectivity index (χ4v) is 2.73. The Labute approximate surface area is 156 Å². The highest BCUT2D eigenvalue weighted by molar-refractivity contribution is 7.80. The molecule has 2 aromatic heterocycles. The molecule has 0 saturated carbocycles. The minimum atomic E-state index is 0.479. The molecule has 0 bridgehead atoms. The summed E-state index contributed by atoms with van der Waals surface area (Å²) < 4.78 is 3.71. The fourth-order valence-electron chi connectivity index (χ4n) is 2.39. The van der Waals surface area contributed by atoms with E-state index >= 15 is 0 Å². The van der Waals surface area contributed by atoms with Gasteiger partial charge in [0.25, 0.3) is 0 Å². The van der Waals surface area contributed by atoms with Gasteiger partial charge in [0.15, 0.2) is 10.9 Å². The molecule has 3 rings (SSSR count). The van der Waals surface area contributed by atoms with Gasteiger partial charge in [-0.25, -0.2) is 0 Å². The predicted molar refractivity (Wildman–Crippen MR) is 105 cm³/mol. The first-order valence-electron chi connectivity index (χ1n) is 7.78. The van der Waals surface area contributed by atoms with Crippen molar-refractivity contribution in [3.05, 3.63) is 58.5 Å². The summed E-state index contributed by atoms with van der Waals surface area (Å²) in [6, 6.07) is 9.70. The standard InChI is InChI=1S/C17H19ClN6S/c1-11-8-16(21-17(25)20-15-9-19-23(3)12(15)2)22-24(11)10-13-4-6-14(18)7-5-13/h4-9H,10H2,1-3H3,(H2,20,21,22,25). The van der Waals surface area contributed by atoms with Crippen LogP contribution in [0.1, 0.15) is 17.0 Å². The minimum Gasteiger partial charge on any atom is -0.330 e. The van der Waals surface area contributed by atoms with Crippen LogP contribution in [0.2, 0.25) is 5.02 Å². The van der Waals surface area contributed by atoms with E-state index in [4.69, 9.17) is 23.8 Å². The van der Waals surface area contributed by atoms with Crippen LogP contribution in [-0.2, 0) is 13.6 Å². The Morgan fingerprint density at radius 1 is 1.20 bits per heavy atom. The highest BCUT2D eigenvalue weighted by Gasteiger charge is 2.09. The maximum Gasteiger partial charge on any atom is 0.176 e. The highest BCUT2D eigenvalue weighted by atomic mass is 35.5. The number of aromatic nitrogens is 4. The number of hydrogen-bond donors (Lipinski definition) is 2. The van der Waals surface area contributed by atoms with Crippen molar-refractivity contribution < 1.29 is 0 Å². The molecule has 6 nitrogen and oxygen atoms in total. The molecule has 0 radical (unpaired) electrons. The fraction of sp³-hybridized carbons (Fsp3) is 0.235. The Balaban J connectivity index is 1.66. The van der Waals surface area contributed by atoms with Crippen LogP contribution in [0.3, 0.4) is 0 Å². The van der Waals surface area contributed by atoms with Crippen LogP contribution in [0.25, 0.3) is 0 Å². The molecule has 0 unspecified atom stereocenters. The number of benzene rings is 1. The average molecular weight is 375 g/mol. The van der Waals surface area contributed by atoms with Gasteiger partial charge in [-0.1, -0.05) is 23.7 Å². The SMILES string of the molecule is Cc1c(NC(=S)Nc2cc(C)n(Cc3ccc(Cl)cc3)n2)cnn1C. The number of nitrogens with zero attached hydrogens (tertiary/aromatic N) is 4. The van der Waals surface area contributed by atoms with Crippen LogP contribution in [-0.4, -0.2) is 24.7 Å². The zero-order valence-electron chi connectivity index (χ0n) is 14.2. The van der Waals surface area contributed by atoms with Gasteiger partial charge in [0.1, 0.15) is 0 Å². The minimum absolute atomic E-state index is 0.479. The van der Waals surface area contributed by atoms with E-state index in [-0.39, 0.29) is 0 Å². The van der Waals surface area contributed by atoms with E-state index in [1.54, 1.807) is 10.9 Å². The number of aryl methyl sites for hydroxylation is 2. The molecule has 2 N–H and O–H groups in total. The van der Waals surface area contributed by atoms with Gasteiger partial charge in [-0.15, -0.1) is 0 Å². The molecule has 3 aromatic rings. The first-order chi connectivity index (χ1) is 11.9. The topological polar surface area (TPSA) is 59.7 Å². The van der Waals surface area contributed by atoms with Gasteiger partial charge in [0, 0.05) is 23.8 Å². The summed E-state index contributed by atoms with van der Waals surface area (Å²) in [6.07, 6.45) is 1.74. The van der Waals surface area contributed by atoms with Crippen molar-refractivity contribution in [3.8, 4) is 0 Å². The molecule has 25 heavy (non-hydrogen) atoms. The van der Waals surface area contributed by atoms with E-state index in [9.17, 15) is 0 Å². The van der Waals surface area contributed by atoms with Gasteiger partial charge in [0.05, 0.1) is 24.1 Å². The largest absolute Gasteiger partial charge is 0.330 e. The summed E-state index contributed by atoms with van der Waals surface area (Å²) in [5.41, 5.74) is 4.05. The molecule has 0 atom stereocenters. The van der Waals surface area contributed by atoms with Gasteiger partial charge in [-0.2, -0.15) is 10.2 Å². The normalized spacial score (nSPS) is 10.7. The maximum atomic E-state index is 5.93. The molecule has 0 saturated heterocycles. The predicted octanol–water partition coefficient (Wildman–Crippen LogP) is 3.74. The average Bonchev–Trinajstić information content (AvgIpc) is 3.06. The summed E-state index contributed by atoms with van der Waals surface area (Å²) in [4.78, 5) is 0. The van der Waals surface area contributed by atoms with E-state index in [2.05, 4.69) is 20.8 Å². The van der Waals surface area contributed by atoms with Gasteiger partial charge in [0.2, 0.25) is 0 Å². The molecular formula is C17H19ClN6S. The molecule has 1 aromatic carbocycles. The molecule has 0 aliphatic carbocycles. The molecule has 0 fully saturated rings. The zero-order valence-corrected chi connectivity index (χ0v) is 15.8. The molecule has 0 aliphatic rings. The van der Waals surface area contributed by atoms with Gasteiger partial charge in [-0.05, 0) is 43.8 Å². The zero-order chi connectivity index (χ0) is 18.0. The quantitative estimate of drug-likeness (QED) is 0.681. The van der Waals surface area contributed by atoms with Crippen molar-refractivity contribution >= 4 is 40.4 Å². The summed E-state index contributed by atoms with van der Waals surface area (Å²) in [6.45, 7) is 4.66. The van der Waals surface area contributed by atoms with Crippen LogP contribution < -0.4 is 10.6 Å². The third-order valence-corrected chi connectivity index (χ3v) is 4.41. The molecule has 8 heteroatoms. The van der Waals surface area contributed by atoms with Crippen molar-refractivity contribution in [2.75, 3.05) is 10.6 Å². The summed E-state index contributed by atoms with van der Waals surface area (Å²) >= 11 is 11.3. The lowest BCUT2D eigenvalue weighted by atomic mass is 10.2.